The van der Waals surface area contributed by atoms with Gasteiger partial charge in [-0.05, 0) is 37.9 Å². The molecule has 0 heterocycles. The van der Waals surface area contributed by atoms with Gasteiger partial charge in [-0.25, -0.2) is 0 Å². The zero-order valence-corrected chi connectivity index (χ0v) is 9.56. The molecule has 3 heteroatoms. The third kappa shape index (κ3) is 2.02. The highest BCUT2D eigenvalue weighted by atomic mass is 32.1. The molecule has 0 unspecified atom stereocenters. The van der Waals surface area contributed by atoms with E-state index in [-0.39, 0.29) is 0 Å². The van der Waals surface area contributed by atoms with Crippen molar-refractivity contribution < 1.29 is 0 Å². The molecule has 2 nitrogen and oxygen atoms in total. The number of thiocarbonyl (C=S) groups is 1. The van der Waals surface area contributed by atoms with Crippen molar-refractivity contribution in [1.29, 1.82) is 0 Å². The van der Waals surface area contributed by atoms with Crippen molar-refractivity contribution in [2.24, 2.45) is 5.73 Å². The van der Waals surface area contributed by atoms with Crippen LogP contribution in [0.4, 0.5) is 0 Å². The lowest BCUT2D eigenvalue weighted by atomic mass is 10.1. The van der Waals surface area contributed by atoms with E-state index in [0.29, 0.717) is 17.2 Å². The fourth-order valence-electron chi connectivity index (χ4n) is 3.02. The summed E-state index contributed by atoms with van der Waals surface area (Å²) in [5, 5.41) is 0.642. The van der Waals surface area contributed by atoms with Gasteiger partial charge in [0.05, 0.1) is 0 Å². The zero-order valence-electron chi connectivity index (χ0n) is 8.74. The molecule has 0 radical (unpaired) electrons. The Bertz CT molecular complexity index is 189. The molecule has 2 N–H and O–H groups in total. The van der Waals surface area contributed by atoms with Gasteiger partial charge in [0, 0.05) is 12.1 Å². The first-order chi connectivity index (χ1) is 6.79. The summed E-state index contributed by atoms with van der Waals surface area (Å²) in [6, 6.07) is 1.33. The summed E-state index contributed by atoms with van der Waals surface area (Å²) >= 11 is 5.19. The van der Waals surface area contributed by atoms with E-state index >= 15 is 0 Å². The monoisotopic (exact) mass is 212 g/mol. The van der Waals surface area contributed by atoms with E-state index in [0.717, 1.165) is 0 Å². The molecule has 0 aromatic heterocycles. The van der Waals surface area contributed by atoms with Crippen molar-refractivity contribution in [3.05, 3.63) is 0 Å². The molecule has 0 aromatic rings. The molecule has 0 saturated heterocycles. The molecule has 2 saturated carbocycles. The highest BCUT2D eigenvalue weighted by Gasteiger charge is 2.30. The smallest absolute Gasteiger partial charge is 0.166 e. The number of hydrogen-bond donors (Lipinski definition) is 1. The minimum atomic E-state index is 0.642. The quantitative estimate of drug-likeness (QED) is 0.713. The van der Waals surface area contributed by atoms with Gasteiger partial charge >= 0.3 is 0 Å². The molecule has 80 valence electrons. The van der Waals surface area contributed by atoms with Gasteiger partial charge < -0.3 is 10.6 Å². The average Bonchev–Trinajstić information content (AvgIpc) is 2.75. The summed E-state index contributed by atoms with van der Waals surface area (Å²) in [6.45, 7) is 0. The van der Waals surface area contributed by atoms with Crippen LogP contribution in [0.2, 0.25) is 0 Å². The van der Waals surface area contributed by atoms with Gasteiger partial charge in [-0.3, -0.25) is 0 Å². The Balaban J connectivity index is 2.02. The first-order valence-electron chi connectivity index (χ1n) is 5.87. The molecule has 0 bridgehead atoms. The van der Waals surface area contributed by atoms with Crippen molar-refractivity contribution >= 4 is 17.3 Å². The second-order valence-corrected chi connectivity index (χ2v) is 5.04. The molecule has 0 atom stereocenters. The maximum atomic E-state index is 5.85. The largest absolute Gasteiger partial charge is 0.376 e. The second kappa shape index (κ2) is 4.47. The normalized spacial score (nSPS) is 24.3. The fourth-order valence-corrected chi connectivity index (χ4v) is 3.32. The number of hydrogen-bond acceptors (Lipinski definition) is 1. The minimum Gasteiger partial charge on any atom is -0.376 e. The van der Waals surface area contributed by atoms with Crippen molar-refractivity contribution in [3.63, 3.8) is 0 Å². The van der Waals surface area contributed by atoms with Crippen LogP contribution in [0, 0.1) is 0 Å². The Hall–Kier alpha value is -0.310. The highest BCUT2D eigenvalue weighted by molar-refractivity contribution is 7.80. The standard InChI is InChI=1S/C11H20N2S/c12-11(14)13(9-5-1-2-6-9)10-7-3-4-8-10/h9-10H,1-8H2,(H2,12,14). The minimum absolute atomic E-state index is 0.642. The van der Waals surface area contributed by atoms with Crippen LogP contribution in [-0.4, -0.2) is 22.1 Å². The first kappa shape index (κ1) is 10.2. The van der Waals surface area contributed by atoms with Gasteiger partial charge in [0.1, 0.15) is 0 Å². The molecular formula is C11H20N2S. The Kier molecular flexibility index (Phi) is 3.26. The van der Waals surface area contributed by atoms with Crippen LogP contribution in [0.5, 0.6) is 0 Å². The van der Waals surface area contributed by atoms with Gasteiger partial charge in [0.15, 0.2) is 5.11 Å². The van der Waals surface area contributed by atoms with Crippen molar-refractivity contribution in [1.82, 2.24) is 4.90 Å². The van der Waals surface area contributed by atoms with Crippen LogP contribution in [0.25, 0.3) is 0 Å². The lowest BCUT2D eigenvalue weighted by Crippen LogP contribution is -2.47. The summed E-state index contributed by atoms with van der Waals surface area (Å²) in [4.78, 5) is 2.36. The third-order valence-electron chi connectivity index (χ3n) is 3.69. The van der Waals surface area contributed by atoms with E-state index in [4.69, 9.17) is 18.0 Å². The predicted octanol–water partition coefficient (Wildman–Crippen LogP) is 2.42. The maximum Gasteiger partial charge on any atom is 0.166 e. The molecule has 2 rings (SSSR count). The van der Waals surface area contributed by atoms with Crippen LogP contribution < -0.4 is 5.73 Å². The third-order valence-corrected chi connectivity index (χ3v) is 3.90. The molecule has 2 aliphatic carbocycles. The van der Waals surface area contributed by atoms with Crippen LogP contribution in [0.1, 0.15) is 51.4 Å². The van der Waals surface area contributed by atoms with E-state index in [2.05, 4.69) is 4.90 Å². The highest BCUT2D eigenvalue weighted by Crippen LogP contribution is 2.31. The van der Waals surface area contributed by atoms with Crippen LogP contribution >= 0.6 is 12.2 Å². The summed E-state index contributed by atoms with van der Waals surface area (Å²) in [5.41, 5.74) is 5.85. The Morgan fingerprint density at radius 3 is 1.57 bits per heavy atom. The average molecular weight is 212 g/mol. The van der Waals surface area contributed by atoms with Gasteiger partial charge in [-0.1, -0.05) is 25.7 Å². The van der Waals surface area contributed by atoms with Crippen molar-refractivity contribution in [2.75, 3.05) is 0 Å². The van der Waals surface area contributed by atoms with Gasteiger partial charge in [-0.2, -0.15) is 0 Å². The summed E-state index contributed by atoms with van der Waals surface area (Å²) in [5.74, 6) is 0. The second-order valence-electron chi connectivity index (χ2n) is 4.62. The van der Waals surface area contributed by atoms with E-state index in [1.54, 1.807) is 0 Å². The molecule has 14 heavy (non-hydrogen) atoms. The molecule has 2 fully saturated rings. The number of nitrogens with zero attached hydrogens (tertiary/aromatic N) is 1. The van der Waals surface area contributed by atoms with E-state index in [1.165, 1.54) is 51.4 Å². The van der Waals surface area contributed by atoms with E-state index in [9.17, 15) is 0 Å². The SMILES string of the molecule is NC(=S)N(C1CCCC1)C1CCCC1. The molecule has 0 spiro atoms. The summed E-state index contributed by atoms with van der Waals surface area (Å²) in [7, 11) is 0. The predicted molar refractivity (Wildman–Crippen MR) is 63.1 cm³/mol. The number of nitrogens with two attached hydrogens (primary N) is 1. The fraction of sp³-hybridized carbons (Fsp3) is 0.909. The maximum absolute atomic E-state index is 5.85. The van der Waals surface area contributed by atoms with Crippen molar-refractivity contribution in [2.45, 2.75) is 63.5 Å². The molecular weight excluding hydrogens is 192 g/mol. The van der Waals surface area contributed by atoms with E-state index in [1.807, 2.05) is 0 Å². The van der Waals surface area contributed by atoms with E-state index < -0.39 is 0 Å². The zero-order chi connectivity index (χ0) is 9.97. The molecule has 0 amide bonds. The topological polar surface area (TPSA) is 29.3 Å². The Labute approximate surface area is 91.8 Å². The lowest BCUT2D eigenvalue weighted by Gasteiger charge is -2.35. The molecule has 0 aliphatic heterocycles. The lowest BCUT2D eigenvalue weighted by molar-refractivity contribution is 0.241. The summed E-state index contributed by atoms with van der Waals surface area (Å²) in [6.07, 6.45) is 10.6. The Morgan fingerprint density at radius 2 is 1.29 bits per heavy atom. The van der Waals surface area contributed by atoms with Crippen molar-refractivity contribution in [3.8, 4) is 0 Å². The van der Waals surface area contributed by atoms with Gasteiger partial charge in [-0.15, -0.1) is 0 Å². The van der Waals surface area contributed by atoms with Crippen LogP contribution in [-0.2, 0) is 0 Å². The summed E-state index contributed by atoms with van der Waals surface area (Å²) < 4.78 is 0. The van der Waals surface area contributed by atoms with Gasteiger partial charge in [0.25, 0.3) is 0 Å². The first-order valence-corrected chi connectivity index (χ1v) is 6.27. The molecule has 0 aromatic carbocycles. The molecule has 2 aliphatic rings. The van der Waals surface area contributed by atoms with Gasteiger partial charge in [0.2, 0.25) is 0 Å². The Morgan fingerprint density at radius 1 is 0.929 bits per heavy atom. The van der Waals surface area contributed by atoms with Crippen LogP contribution in [0.15, 0.2) is 0 Å². The number of rotatable bonds is 2. The van der Waals surface area contributed by atoms with Crippen LogP contribution in [0.3, 0.4) is 0 Å².